The molecule has 1 aromatic carbocycles. The number of hydrogen-bond acceptors (Lipinski definition) is 4. The van der Waals surface area contributed by atoms with Crippen molar-refractivity contribution in [3.05, 3.63) is 59.9 Å². The minimum absolute atomic E-state index is 0.199. The second kappa shape index (κ2) is 7.39. The van der Waals surface area contributed by atoms with E-state index in [-0.39, 0.29) is 12.2 Å². The lowest BCUT2D eigenvalue weighted by atomic mass is 10.2. The molecule has 5 nitrogen and oxygen atoms in total. The zero-order valence-electron chi connectivity index (χ0n) is 11.8. The first-order valence-electron chi connectivity index (χ1n) is 6.58. The monoisotopic (exact) mass is 322 g/mol. The summed E-state index contributed by atoms with van der Waals surface area (Å²) in [5.41, 5.74) is 2.45. The zero-order chi connectivity index (χ0) is 16.7. The maximum Gasteiger partial charge on any atom is 0.416 e. The maximum atomic E-state index is 12.6. The average molecular weight is 322 g/mol. The lowest BCUT2D eigenvalue weighted by Gasteiger charge is -2.09. The third-order valence-corrected chi connectivity index (χ3v) is 2.75. The van der Waals surface area contributed by atoms with Crippen LogP contribution < -0.4 is 10.7 Å². The van der Waals surface area contributed by atoms with Crippen molar-refractivity contribution in [2.75, 3.05) is 11.9 Å². The van der Waals surface area contributed by atoms with Crippen LogP contribution in [0.1, 0.15) is 11.1 Å². The summed E-state index contributed by atoms with van der Waals surface area (Å²) < 4.78 is 37.7. The van der Waals surface area contributed by atoms with Gasteiger partial charge in [0.2, 0.25) is 0 Å². The molecule has 1 amide bonds. The van der Waals surface area contributed by atoms with Crippen molar-refractivity contribution in [2.24, 2.45) is 5.10 Å². The SMILES string of the molecule is O=C(CNc1cccc(C(F)(F)F)c1)NN=Cc1ccncc1. The Balaban J connectivity index is 1.84. The maximum absolute atomic E-state index is 12.6. The third kappa shape index (κ3) is 5.42. The largest absolute Gasteiger partial charge is 0.416 e. The summed E-state index contributed by atoms with van der Waals surface area (Å²) in [5.74, 6) is -0.479. The summed E-state index contributed by atoms with van der Waals surface area (Å²) in [7, 11) is 0. The Morgan fingerprint density at radius 3 is 2.65 bits per heavy atom. The van der Waals surface area contributed by atoms with Crippen LogP contribution in [0.5, 0.6) is 0 Å². The molecule has 0 aliphatic heterocycles. The molecule has 0 aliphatic rings. The van der Waals surface area contributed by atoms with Crippen molar-refractivity contribution in [1.82, 2.24) is 10.4 Å². The minimum atomic E-state index is -4.42. The van der Waals surface area contributed by atoms with Crippen LogP contribution in [0.3, 0.4) is 0 Å². The molecule has 2 rings (SSSR count). The number of aromatic nitrogens is 1. The summed E-state index contributed by atoms with van der Waals surface area (Å²) in [6.45, 7) is -0.199. The highest BCUT2D eigenvalue weighted by atomic mass is 19.4. The number of hydrazone groups is 1. The van der Waals surface area contributed by atoms with Crippen LogP contribution in [0, 0.1) is 0 Å². The second-order valence-electron chi connectivity index (χ2n) is 4.51. The first-order valence-corrected chi connectivity index (χ1v) is 6.58. The topological polar surface area (TPSA) is 66.4 Å². The number of rotatable bonds is 5. The second-order valence-corrected chi connectivity index (χ2v) is 4.51. The number of amides is 1. The molecule has 1 aromatic heterocycles. The quantitative estimate of drug-likeness (QED) is 0.657. The number of alkyl halides is 3. The predicted octanol–water partition coefficient (Wildman–Crippen LogP) is 2.66. The van der Waals surface area contributed by atoms with Gasteiger partial charge in [0.15, 0.2) is 0 Å². The lowest BCUT2D eigenvalue weighted by molar-refractivity contribution is -0.137. The molecule has 0 saturated heterocycles. The fraction of sp³-hybridized carbons (Fsp3) is 0.133. The first-order chi connectivity index (χ1) is 10.9. The molecule has 0 atom stereocenters. The molecule has 0 radical (unpaired) electrons. The smallest absolute Gasteiger partial charge is 0.376 e. The molecule has 0 saturated carbocycles. The summed E-state index contributed by atoms with van der Waals surface area (Å²) in [4.78, 5) is 15.4. The van der Waals surface area contributed by atoms with Crippen molar-refractivity contribution < 1.29 is 18.0 Å². The Hall–Kier alpha value is -2.90. The first kappa shape index (κ1) is 16.5. The van der Waals surface area contributed by atoms with Crippen LogP contribution >= 0.6 is 0 Å². The predicted molar refractivity (Wildman–Crippen MR) is 79.9 cm³/mol. The Labute approximate surface area is 130 Å². The van der Waals surface area contributed by atoms with E-state index < -0.39 is 17.6 Å². The van der Waals surface area contributed by atoms with E-state index in [0.717, 1.165) is 17.7 Å². The molecular formula is C15H13F3N4O. The summed E-state index contributed by atoms with van der Waals surface area (Å²) >= 11 is 0. The molecule has 2 aromatic rings. The van der Waals surface area contributed by atoms with Crippen LogP contribution in [0.4, 0.5) is 18.9 Å². The van der Waals surface area contributed by atoms with Gasteiger partial charge in [0.1, 0.15) is 0 Å². The average Bonchev–Trinajstić information content (AvgIpc) is 2.53. The van der Waals surface area contributed by atoms with Crippen molar-refractivity contribution >= 4 is 17.8 Å². The normalized spacial score (nSPS) is 11.4. The van der Waals surface area contributed by atoms with Gasteiger partial charge < -0.3 is 5.32 Å². The van der Waals surface area contributed by atoms with E-state index in [4.69, 9.17) is 0 Å². The van der Waals surface area contributed by atoms with Crippen molar-refractivity contribution in [3.8, 4) is 0 Å². The van der Waals surface area contributed by atoms with E-state index in [9.17, 15) is 18.0 Å². The van der Waals surface area contributed by atoms with Crippen LogP contribution in [-0.2, 0) is 11.0 Å². The molecule has 0 fully saturated rings. The van der Waals surface area contributed by atoms with Gasteiger partial charge in [0, 0.05) is 18.1 Å². The van der Waals surface area contributed by atoms with Gasteiger partial charge in [0.05, 0.1) is 18.3 Å². The van der Waals surface area contributed by atoms with Crippen LogP contribution in [0.25, 0.3) is 0 Å². The van der Waals surface area contributed by atoms with Crippen molar-refractivity contribution in [3.63, 3.8) is 0 Å². The zero-order valence-corrected chi connectivity index (χ0v) is 11.8. The van der Waals surface area contributed by atoms with Gasteiger partial charge in [0.25, 0.3) is 5.91 Å². The fourth-order valence-electron chi connectivity index (χ4n) is 1.66. The summed E-state index contributed by atoms with van der Waals surface area (Å²) in [6.07, 6.45) is 0.176. The van der Waals surface area contributed by atoms with Gasteiger partial charge in [-0.05, 0) is 35.9 Å². The number of anilines is 1. The number of pyridine rings is 1. The number of nitrogens with zero attached hydrogens (tertiary/aromatic N) is 2. The molecule has 120 valence electrons. The van der Waals surface area contributed by atoms with Crippen molar-refractivity contribution in [1.29, 1.82) is 0 Å². The van der Waals surface area contributed by atoms with E-state index in [0.29, 0.717) is 0 Å². The van der Waals surface area contributed by atoms with Gasteiger partial charge in [-0.25, -0.2) is 5.43 Å². The van der Waals surface area contributed by atoms with E-state index >= 15 is 0 Å². The highest BCUT2D eigenvalue weighted by Gasteiger charge is 2.30. The van der Waals surface area contributed by atoms with Crippen LogP contribution in [-0.4, -0.2) is 23.7 Å². The van der Waals surface area contributed by atoms with E-state index in [2.05, 4.69) is 20.8 Å². The van der Waals surface area contributed by atoms with Gasteiger partial charge in [-0.1, -0.05) is 6.07 Å². The Bertz CT molecular complexity index is 687. The fourth-order valence-corrected chi connectivity index (χ4v) is 1.66. The van der Waals surface area contributed by atoms with Gasteiger partial charge in [-0.15, -0.1) is 0 Å². The summed E-state index contributed by atoms with van der Waals surface area (Å²) in [6, 6.07) is 8.03. The number of carbonyl (C=O) groups is 1. The molecule has 2 N–H and O–H groups in total. The highest BCUT2D eigenvalue weighted by molar-refractivity contribution is 5.84. The van der Waals surface area contributed by atoms with Crippen molar-refractivity contribution in [2.45, 2.75) is 6.18 Å². The van der Waals surface area contributed by atoms with Crippen LogP contribution in [0.2, 0.25) is 0 Å². The van der Waals surface area contributed by atoms with E-state index in [1.807, 2.05) is 0 Å². The van der Waals surface area contributed by atoms with E-state index in [1.165, 1.54) is 18.3 Å². The lowest BCUT2D eigenvalue weighted by Crippen LogP contribution is -2.26. The number of benzene rings is 1. The standard InChI is InChI=1S/C15H13F3N4O/c16-15(17,18)12-2-1-3-13(8-12)20-10-14(23)22-21-9-11-4-6-19-7-5-11/h1-9,20H,10H2,(H,22,23). The van der Waals surface area contributed by atoms with Gasteiger partial charge in [-0.2, -0.15) is 18.3 Å². The Morgan fingerprint density at radius 2 is 1.96 bits per heavy atom. The van der Waals surface area contributed by atoms with Crippen LogP contribution in [0.15, 0.2) is 53.9 Å². The third-order valence-electron chi connectivity index (χ3n) is 2.75. The molecule has 8 heteroatoms. The molecule has 0 aliphatic carbocycles. The number of carbonyl (C=O) groups excluding carboxylic acids is 1. The number of hydrogen-bond donors (Lipinski definition) is 2. The minimum Gasteiger partial charge on any atom is -0.376 e. The number of halogens is 3. The van der Waals surface area contributed by atoms with E-state index in [1.54, 1.807) is 24.5 Å². The summed E-state index contributed by atoms with van der Waals surface area (Å²) in [5, 5.41) is 6.35. The number of nitrogens with one attached hydrogen (secondary N) is 2. The Kier molecular flexibility index (Phi) is 5.29. The molecule has 1 heterocycles. The van der Waals surface area contributed by atoms with Gasteiger partial charge in [-0.3, -0.25) is 9.78 Å². The highest BCUT2D eigenvalue weighted by Crippen LogP contribution is 2.30. The molecule has 0 spiro atoms. The van der Waals surface area contributed by atoms with Gasteiger partial charge >= 0.3 is 6.18 Å². The molecule has 23 heavy (non-hydrogen) atoms. The molecular weight excluding hydrogens is 309 g/mol. The Morgan fingerprint density at radius 1 is 1.22 bits per heavy atom. The molecule has 0 bridgehead atoms. The molecule has 0 unspecified atom stereocenters.